The summed E-state index contributed by atoms with van der Waals surface area (Å²) in [5.74, 6) is 0.0340. The van der Waals surface area contributed by atoms with E-state index in [2.05, 4.69) is 15.3 Å². The van der Waals surface area contributed by atoms with Gasteiger partial charge in [0, 0.05) is 18.3 Å². The molecule has 1 aliphatic rings. The molecule has 0 saturated carbocycles. The Morgan fingerprint density at radius 3 is 2.79 bits per heavy atom. The highest BCUT2D eigenvalue weighted by atomic mass is 16.1. The number of nitrogens with one attached hydrogen (secondary N) is 1. The second kappa shape index (κ2) is 6.02. The summed E-state index contributed by atoms with van der Waals surface area (Å²) >= 11 is 0. The number of aromatic nitrogens is 2. The second-order valence-electron chi connectivity index (χ2n) is 5.12. The fourth-order valence-corrected chi connectivity index (χ4v) is 2.84. The molecular formula is C14H19N3O2. The average molecular weight is 261 g/mol. The van der Waals surface area contributed by atoms with E-state index < -0.39 is 5.41 Å². The van der Waals surface area contributed by atoms with E-state index in [4.69, 9.17) is 0 Å². The van der Waals surface area contributed by atoms with E-state index in [1.807, 2.05) is 0 Å². The highest BCUT2D eigenvalue weighted by Crippen LogP contribution is 2.36. The fraction of sp³-hybridized carbons (Fsp3) is 0.571. The number of aldehydes is 1. The van der Waals surface area contributed by atoms with Crippen LogP contribution in [0.25, 0.3) is 0 Å². The van der Waals surface area contributed by atoms with Gasteiger partial charge in [-0.2, -0.15) is 0 Å². The third kappa shape index (κ3) is 2.87. The van der Waals surface area contributed by atoms with Gasteiger partial charge in [-0.25, -0.2) is 9.97 Å². The van der Waals surface area contributed by atoms with Crippen LogP contribution in [0.15, 0.2) is 18.6 Å². The molecular weight excluding hydrogens is 242 g/mol. The summed E-state index contributed by atoms with van der Waals surface area (Å²) in [4.78, 5) is 31.8. The van der Waals surface area contributed by atoms with E-state index in [0.29, 0.717) is 6.42 Å². The molecule has 1 unspecified atom stereocenters. The molecule has 5 heteroatoms. The highest BCUT2D eigenvalue weighted by molar-refractivity contribution is 5.97. The predicted octanol–water partition coefficient (Wildman–Crippen LogP) is 0.793. The van der Waals surface area contributed by atoms with Gasteiger partial charge in [-0.05, 0) is 44.8 Å². The number of Topliss-reactive ketones (excluding diaryl/α,β-unsaturated/α-hetero) is 1. The van der Waals surface area contributed by atoms with Crippen LogP contribution in [-0.4, -0.2) is 35.1 Å². The minimum absolute atomic E-state index is 0.0620. The molecule has 0 bridgehead atoms. The average Bonchev–Trinajstić information content (AvgIpc) is 2.46. The maximum absolute atomic E-state index is 12.1. The zero-order chi connectivity index (χ0) is 13.7. The number of hydrogen-bond donors (Lipinski definition) is 1. The summed E-state index contributed by atoms with van der Waals surface area (Å²) in [7, 11) is 0. The largest absolute Gasteiger partial charge is 0.317 e. The van der Waals surface area contributed by atoms with E-state index in [1.165, 1.54) is 13.3 Å². The summed E-state index contributed by atoms with van der Waals surface area (Å²) in [5, 5.41) is 3.26. The minimum atomic E-state index is -0.934. The molecule has 102 valence electrons. The molecule has 0 aromatic carbocycles. The van der Waals surface area contributed by atoms with Gasteiger partial charge in [0.05, 0.1) is 5.41 Å². The molecule has 1 saturated heterocycles. The van der Waals surface area contributed by atoms with Crippen LogP contribution < -0.4 is 5.32 Å². The zero-order valence-corrected chi connectivity index (χ0v) is 11.1. The van der Waals surface area contributed by atoms with E-state index >= 15 is 0 Å². The normalized spacial score (nSPS) is 19.6. The van der Waals surface area contributed by atoms with E-state index in [1.54, 1.807) is 12.3 Å². The van der Waals surface area contributed by atoms with E-state index in [0.717, 1.165) is 37.9 Å². The predicted molar refractivity (Wildman–Crippen MR) is 70.5 cm³/mol. The summed E-state index contributed by atoms with van der Waals surface area (Å²) in [6.07, 6.45) is 6.01. The topological polar surface area (TPSA) is 72.0 Å². The first-order valence-corrected chi connectivity index (χ1v) is 6.62. The number of carbonyl (C=O) groups excluding carboxylic acids is 2. The quantitative estimate of drug-likeness (QED) is 0.627. The van der Waals surface area contributed by atoms with Gasteiger partial charge in [0.25, 0.3) is 0 Å². The SMILES string of the molecule is CC(=O)C(C=O)(Cc1ccncn1)C1CCNCC1. The molecule has 0 radical (unpaired) electrons. The Labute approximate surface area is 112 Å². The van der Waals surface area contributed by atoms with Crippen LogP contribution in [0, 0.1) is 11.3 Å². The van der Waals surface area contributed by atoms with Crippen LogP contribution in [0.1, 0.15) is 25.5 Å². The van der Waals surface area contributed by atoms with Crippen LogP contribution in [0.3, 0.4) is 0 Å². The summed E-state index contributed by atoms with van der Waals surface area (Å²) in [6, 6.07) is 1.77. The Balaban J connectivity index is 2.28. The lowest BCUT2D eigenvalue weighted by Gasteiger charge is -2.36. The van der Waals surface area contributed by atoms with Crippen molar-refractivity contribution in [2.24, 2.45) is 11.3 Å². The lowest BCUT2D eigenvalue weighted by atomic mass is 9.67. The summed E-state index contributed by atoms with van der Waals surface area (Å²) in [6.45, 7) is 3.23. The molecule has 19 heavy (non-hydrogen) atoms. The molecule has 2 heterocycles. The van der Waals surface area contributed by atoms with E-state index in [9.17, 15) is 9.59 Å². The van der Waals surface area contributed by atoms with Crippen molar-refractivity contribution in [3.05, 3.63) is 24.3 Å². The number of rotatable bonds is 5. The number of ketones is 1. The van der Waals surface area contributed by atoms with Crippen LogP contribution in [0.5, 0.6) is 0 Å². The van der Waals surface area contributed by atoms with Gasteiger partial charge in [-0.3, -0.25) is 4.79 Å². The lowest BCUT2D eigenvalue weighted by molar-refractivity contribution is -0.137. The maximum atomic E-state index is 12.1. The molecule has 1 aliphatic heterocycles. The van der Waals surface area contributed by atoms with Crippen LogP contribution >= 0.6 is 0 Å². The molecule has 0 aliphatic carbocycles. The molecule has 1 aromatic heterocycles. The molecule has 1 N–H and O–H groups in total. The monoisotopic (exact) mass is 261 g/mol. The van der Waals surface area contributed by atoms with Gasteiger partial charge in [0.1, 0.15) is 18.4 Å². The Kier molecular flexibility index (Phi) is 4.37. The first-order chi connectivity index (χ1) is 9.19. The van der Waals surface area contributed by atoms with Crippen LogP contribution in [0.4, 0.5) is 0 Å². The van der Waals surface area contributed by atoms with Crippen LogP contribution in [-0.2, 0) is 16.0 Å². The third-order valence-corrected chi connectivity index (χ3v) is 4.05. The summed E-state index contributed by atoms with van der Waals surface area (Å²) < 4.78 is 0. The molecule has 0 amide bonds. The number of hydrogen-bond acceptors (Lipinski definition) is 5. The molecule has 1 atom stereocenters. The van der Waals surface area contributed by atoms with Gasteiger partial charge >= 0.3 is 0 Å². The van der Waals surface area contributed by atoms with Gasteiger partial charge in [0.2, 0.25) is 0 Å². The van der Waals surface area contributed by atoms with Crippen molar-refractivity contribution in [3.63, 3.8) is 0 Å². The maximum Gasteiger partial charge on any atom is 0.143 e. The fourth-order valence-electron chi connectivity index (χ4n) is 2.84. The molecule has 5 nitrogen and oxygen atoms in total. The van der Waals surface area contributed by atoms with Gasteiger partial charge in [0.15, 0.2) is 0 Å². The van der Waals surface area contributed by atoms with Crippen molar-refractivity contribution in [1.29, 1.82) is 0 Å². The second-order valence-corrected chi connectivity index (χ2v) is 5.12. The Morgan fingerprint density at radius 1 is 1.53 bits per heavy atom. The van der Waals surface area contributed by atoms with Crippen molar-refractivity contribution in [3.8, 4) is 0 Å². The first kappa shape index (κ1) is 13.8. The zero-order valence-electron chi connectivity index (χ0n) is 11.1. The van der Waals surface area contributed by atoms with Crippen molar-refractivity contribution < 1.29 is 9.59 Å². The Hall–Kier alpha value is -1.62. The molecule has 1 aromatic rings. The van der Waals surface area contributed by atoms with Crippen molar-refractivity contribution in [1.82, 2.24) is 15.3 Å². The first-order valence-electron chi connectivity index (χ1n) is 6.62. The minimum Gasteiger partial charge on any atom is -0.317 e. The Morgan fingerprint density at radius 2 is 2.26 bits per heavy atom. The summed E-state index contributed by atoms with van der Waals surface area (Å²) in [5.41, 5.74) is -0.188. The molecule has 2 rings (SSSR count). The number of carbonyl (C=O) groups is 2. The van der Waals surface area contributed by atoms with Crippen LogP contribution in [0.2, 0.25) is 0 Å². The molecule has 0 spiro atoms. The van der Waals surface area contributed by atoms with E-state index in [-0.39, 0.29) is 11.7 Å². The number of piperidine rings is 1. The van der Waals surface area contributed by atoms with Crippen molar-refractivity contribution in [2.75, 3.05) is 13.1 Å². The van der Waals surface area contributed by atoms with Crippen molar-refractivity contribution in [2.45, 2.75) is 26.2 Å². The standard InChI is InChI=1S/C14H19N3O2/c1-11(19)14(9-18,12-2-5-15-6-3-12)8-13-4-7-16-10-17-13/h4,7,9-10,12,15H,2-3,5-6,8H2,1H3. The molecule has 1 fully saturated rings. The van der Waals surface area contributed by atoms with Gasteiger partial charge in [-0.1, -0.05) is 0 Å². The third-order valence-electron chi connectivity index (χ3n) is 4.05. The smallest absolute Gasteiger partial charge is 0.143 e. The lowest BCUT2D eigenvalue weighted by Crippen LogP contribution is -2.46. The Bertz CT molecular complexity index is 443. The van der Waals surface area contributed by atoms with Gasteiger partial charge < -0.3 is 10.1 Å². The van der Waals surface area contributed by atoms with Crippen molar-refractivity contribution >= 4 is 12.1 Å². The van der Waals surface area contributed by atoms with Gasteiger partial charge in [-0.15, -0.1) is 0 Å². The number of nitrogens with zero attached hydrogens (tertiary/aromatic N) is 2. The highest BCUT2D eigenvalue weighted by Gasteiger charge is 2.43.